The van der Waals surface area contributed by atoms with Crippen molar-refractivity contribution in [2.75, 3.05) is 13.1 Å². The van der Waals surface area contributed by atoms with Crippen LogP contribution in [0.15, 0.2) is 48.5 Å². The average molecular weight is 294 g/mol. The van der Waals surface area contributed by atoms with Gasteiger partial charge in [-0.3, -0.25) is 4.79 Å². The summed E-state index contributed by atoms with van der Waals surface area (Å²) in [5.41, 5.74) is 2.69. The Hall–Kier alpha value is -2.20. The van der Waals surface area contributed by atoms with Crippen LogP contribution in [-0.4, -0.2) is 28.9 Å². The summed E-state index contributed by atoms with van der Waals surface area (Å²) >= 11 is 1.64. The highest BCUT2D eigenvalue weighted by Gasteiger charge is 2.24. The molecule has 0 aliphatic carbocycles. The lowest BCUT2D eigenvalue weighted by Crippen LogP contribution is -2.42. The van der Waals surface area contributed by atoms with E-state index in [9.17, 15) is 4.79 Å². The molecule has 21 heavy (non-hydrogen) atoms. The minimum atomic E-state index is 0.121. The number of likely N-dealkylation sites (tertiary alicyclic amines) is 1. The first-order chi connectivity index (χ1) is 10.3. The maximum Gasteiger partial charge on any atom is 0.254 e. The summed E-state index contributed by atoms with van der Waals surface area (Å²) in [6.45, 7) is 1.74. The summed E-state index contributed by atoms with van der Waals surface area (Å²) in [6, 6.07) is 15.9. The zero-order chi connectivity index (χ0) is 14.2. The van der Waals surface area contributed by atoms with Crippen molar-refractivity contribution < 1.29 is 4.79 Å². The molecule has 4 rings (SSSR count). The van der Waals surface area contributed by atoms with E-state index in [1.165, 1.54) is 0 Å². The van der Waals surface area contributed by atoms with Gasteiger partial charge in [-0.05, 0) is 24.6 Å². The van der Waals surface area contributed by atoms with Crippen LogP contribution in [-0.2, 0) is 0 Å². The van der Waals surface area contributed by atoms with E-state index in [1.807, 2.05) is 47.4 Å². The smallest absolute Gasteiger partial charge is 0.254 e. The lowest BCUT2D eigenvalue weighted by molar-refractivity contribution is 0.0652. The number of thiazole rings is 1. The van der Waals surface area contributed by atoms with Crippen LogP contribution in [0.2, 0.25) is 0 Å². The Morgan fingerprint density at radius 3 is 2.57 bits per heavy atom. The zero-order valence-corrected chi connectivity index (χ0v) is 12.3. The van der Waals surface area contributed by atoms with Crippen LogP contribution in [0.25, 0.3) is 20.8 Å². The maximum absolute atomic E-state index is 12.5. The van der Waals surface area contributed by atoms with Gasteiger partial charge in [0.1, 0.15) is 5.01 Å². The Balaban J connectivity index is 1.82. The Labute approximate surface area is 126 Å². The van der Waals surface area contributed by atoms with E-state index in [2.05, 4.69) is 11.1 Å². The minimum absolute atomic E-state index is 0.121. The molecule has 1 amide bonds. The number of hydrogen-bond acceptors (Lipinski definition) is 3. The SMILES string of the molecule is O=C(c1ccccc1-c1nc2ccccc2s1)N1CCC1. The molecule has 2 heterocycles. The summed E-state index contributed by atoms with van der Waals surface area (Å²) in [5, 5.41) is 0.917. The first kappa shape index (κ1) is 12.5. The van der Waals surface area contributed by atoms with Crippen molar-refractivity contribution in [3.05, 3.63) is 54.1 Å². The third-order valence-corrected chi connectivity index (χ3v) is 4.89. The Bertz CT molecular complexity index is 787. The maximum atomic E-state index is 12.5. The van der Waals surface area contributed by atoms with E-state index in [4.69, 9.17) is 0 Å². The second kappa shape index (κ2) is 4.97. The molecule has 1 fully saturated rings. The molecule has 0 saturated carbocycles. The highest BCUT2D eigenvalue weighted by Crippen LogP contribution is 2.32. The molecule has 0 radical (unpaired) electrons. The van der Waals surface area contributed by atoms with Gasteiger partial charge in [0, 0.05) is 24.2 Å². The molecular weight excluding hydrogens is 280 g/mol. The first-order valence-electron chi connectivity index (χ1n) is 7.07. The second-order valence-electron chi connectivity index (χ2n) is 5.18. The molecule has 0 atom stereocenters. The van der Waals surface area contributed by atoms with Crippen LogP contribution in [0.5, 0.6) is 0 Å². The van der Waals surface area contributed by atoms with Crippen molar-refractivity contribution in [2.45, 2.75) is 6.42 Å². The lowest BCUT2D eigenvalue weighted by atomic mass is 10.0. The predicted octanol–water partition coefficient (Wildman–Crippen LogP) is 3.81. The van der Waals surface area contributed by atoms with Gasteiger partial charge in [0.15, 0.2) is 0 Å². The van der Waals surface area contributed by atoms with E-state index >= 15 is 0 Å². The van der Waals surface area contributed by atoms with Crippen LogP contribution in [0.3, 0.4) is 0 Å². The Morgan fingerprint density at radius 1 is 1.05 bits per heavy atom. The number of rotatable bonds is 2. The minimum Gasteiger partial charge on any atom is -0.338 e. The normalized spacial score (nSPS) is 14.2. The third-order valence-electron chi connectivity index (χ3n) is 3.83. The Morgan fingerprint density at radius 2 is 1.81 bits per heavy atom. The summed E-state index contributed by atoms with van der Waals surface area (Å²) in [4.78, 5) is 19.1. The highest BCUT2D eigenvalue weighted by atomic mass is 32.1. The third kappa shape index (κ3) is 2.12. The lowest BCUT2D eigenvalue weighted by Gasteiger charge is -2.31. The molecule has 1 aliphatic heterocycles. The molecule has 0 bridgehead atoms. The quantitative estimate of drug-likeness (QED) is 0.720. The van der Waals surface area contributed by atoms with Gasteiger partial charge >= 0.3 is 0 Å². The number of amides is 1. The standard InChI is InChI=1S/C17H14N2OS/c20-17(19-10-5-11-19)13-7-2-1-6-12(13)16-18-14-8-3-4-9-15(14)21-16/h1-4,6-9H,5,10-11H2. The summed E-state index contributed by atoms with van der Waals surface area (Å²) in [6.07, 6.45) is 1.11. The first-order valence-corrected chi connectivity index (χ1v) is 7.89. The van der Waals surface area contributed by atoms with Crippen LogP contribution in [0, 0.1) is 0 Å². The summed E-state index contributed by atoms with van der Waals surface area (Å²) in [7, 11) is 0. The van der Waals surface area contributed by atoms with E-state index < -0.39 is 0 Å². The van der Waals surface area contributed by atoms with E-state index in [0.717, 1.165) is 45.9 Å². The van der Waals surface area contributed by atoms with Crippen LogP contribution in [0.4, 0.5) is 0 Å². The molecule has 4 heteroatoms. The number of aromatic nitrogens is 1. The fraction of sp³-hybridized carbons (Fsp3) is 0.176. The van der Waals surface area contributed by atoms with Gasteiger partial charge < -0.3 is 4.90 Å². The molecule has 0 spiro atoms. The van der Waals surface area contributed by atoms with Gasteiger partial charge in [-0.2, -0.15) is 0 Å². The number of hydrogen-bond donors (Lipinski definition) is 0. The number of fused-ring (bicyclic) bond motifs is 1. The fourth-order valence-electron chi connectivity index (χ4n) is 2.53. The summed E-state index contributed by atoms with van der Waals surface area (Å²) in [5.74, 6) is 0.121. The van der Waals surface area contributed by atoms with E-state index in [-0.39, 0.29) is 5.91 Å². The van der Waals surface area contributed by atoms with Gasteiger partial charge in [-0.1, -0.05) is 30.3 Å². The zero-order valence-electron chi connectivity index (χ0n) is 11.5. The number of carbonyl (C=O) groups is 1. The molecule has 2 aromatic carbocycles. The topological polar surface area (TPSA) is 33.2 Å². The van der Waals surface area contributed by atoms with Crippen LogP contribution < -0.4 is 0 Å². The molecule has 104 valence electrons. The van der Waals surface area contributed by atoms with Gasteiger partial charge in [-0.15, -0.1) is 11.3 Å². The number of nitrogens with zero attached hydrogens (tertiary/aromatic N) is 2. The predicted molar refractivity (Wildman–Crippen MR) is 85.6 cm³/mol. The van der Waals surface area contributed by atoms with Gasteiger partial charge in [0.05, 0.1) is 10.2 Å². The van der Waals surface area contributed by atoms with Crippen molar-refractivity contribution in [1.82, 2.24) is 9.88 Å². The van der Waals surface area contributed by atoms with Gasteiger partial charge in [0.25, 0.3) is 5.91 Å². The fourth-order valence-corrected chi connectivity index (χ4v) is 3.54. The monoisotopic (exact) mass is 294 g/mol. The largest absolute Gasteiger partial charge is 0.338 e. The van der Waals surface area contributed by atoms with Crippen molar-refractivity contribution >= 4 is 27.5 Å². The van der Waals surface area contributed by atoms with E-state index in [1.54, 1.807) is 11.3 Å². The number of benzene rings is 2. The van der Waals surface area contributed by atoms with Crippen molar-refractivity contribution in [1.29, 1.82) is 0 Å². The van der Waals surface area contributed by atoms with Crippen LogP contribution >= 0.6 is 11.3 Å². The van der Waals surface area contributed by atoms with Crippen molar-refractivity contribution in [3.63, 3.8) is 0 Å². The van der Waals surface area contributed by atoms with E-state index in [0.29, 0.717) is 0 Å². The van der Waals surface area contributed by atoms with Crippen molar-refractivity contribution in [3.8, 4) is 10.6 Å². The summed E-state index contributed by atoms with van der Waals surface area (Å²) < 4.78 is 1.15. The average Bonchev–Trinajstić information content (AvgIpc) is 2.89. The number of para-hydroxylation sites is 1. The highest BCUT2D eigenvalue weighted by molar-refractivity contribution is 7.21. The molecule has 1 aliphatic rings. The molecule has 3 aromatic rings. The second-order valence-corrected chi connectivity index (χ2v) is 6.21. The number of carbonyl (C=O) groups excluding carboxylic acids is 1. The van der Waals surface area contributed by atoms with Crippen molar-refractivity contribution in [2.24, 2.45) is 0 Å². The van der Waals surface area contributed by atoms with Gasteiger partial charge in [0.2, 0.25) is 0 Å². The molecule has 1 aromatic heterocycles. The van der Waals surface area contributed by atoms with Crippen LogP contribution in [0.1, 0.15) is 16.8 Å². The molecule has 1 saturated heterocycles. The molecular formula is C17H14N2OS. The molecule has 0 N–H and O–H groups in total. The molecule has 3 nitrogen and oxygen atoms in total. The van der Waals surface area contributed by atoms with Gasteiger partial charge in [-0.25, -0.2) is 4.98 Å². The molecule has 0 unspecified atom stereocenters. The Kier molecular flexibility index (Phi) is 2.97.